The summed E-state index contributed by atoms with van der Waals surface area (Å²) in [5, 5.41) is 1.22. The number of rotatable bonds is 2. The number of hydrogen-bond donors (Lipinski definition) is 1. The minimum Gasteiger partial charge on any atom is -0.352 e. The zero-order valence-electron chi connectivity index (χ0n) is 14.5. The quantitative estimate of drug-likeness (QED) is 0.756. The van der Waals surface area contributed by atoms with Crippen LogP contribution < -0.4 is 4.90 Å². The number of imidazole rings is 1. The number of piperazine rings is 1. The van der Waals surface area contributed by atoms with E-state index in [1.54, 1.807) is 17.9 Å². The number of anilines is 1. The summed E-state index contributed by atoms with van der Waals surface area (Å²) in [6.07, 6.45) is 4.35. The van der Waals surface area contributed by atoms with Crippen molar-refractivity contribution < 1.29 is 4.79 Å². The van der Waals surface area contributed by atoms with Gasteiger partial charge in [0.05, 0.1) is 16.7 Å². The number of nitrogens with one attached hydrogen (secondary N) is 1. The Morgan fingerprint density at radius 3 is 2.92 bits per heavy atom. The average Bonchev–Trinajstić information content (AvgIpc) is 3.34. The SMILES string of the molecule is O=C(C1CCc2nc[nH]c2C1)N1CCN(c2nsc3ccccc23)CC1. The molecule has 5 rings (SSSR count). The maximum Gasteiger partial charge on any atom is 0.226 e. The molecule has 6 nitrogen and oxygen atoms in total. The van der Waals surface area contributed by atoms with Gasteiger partial charge in [-0.05, 0) is 36.5 Å². The first-order chi connectivity index (χ1) is 12.8. The van der Waals surface area contributed by atoms with Gasteiger partial charge < -0.3 is 14.8 Å². The predicted molar refractivity (Wildman–Crippen MR) is 103 cm³/mol. The van der Waals surface area contributed by atoms with Crippen LogP contribution in [0.4, 0.5) is 5.82 Å². The molecule has 26 heavy (non-hydrogen) atoms. The molecular formula is C19H21N5OS. The highest BCUT2D eigenvalue weighted by Crippen LogP contribution is 2.30. The minimum absolute atomic E-state index is 0.0922. The van der Waals surface area contributed by atoms with Crippen molar-refractivity contribution in [2.75, 3.05) is 31.1 Å². The summed E-state index contributed by atoms with van der Waals surface area (Å²) in [5.41, 5.74) is 2.27. The van der Waals surface area contributed by atoms with E-state index < -0.39 is 0 Å². The second-order valence-corrected chi connectivity index (χ2v) is 7.89. The van der Waals surface area contributed by atoms with Gasteiger partial charge in [-0.1, -0.05) is 12.1 Å². The van der Waals surface area contributed by atoms with Gasteiger partial charge >= 0.3 is 0 Å². The number of amides is 1. The van der Waals surface area contributed by atoms with Crippen molar-refractivity contribution in [3.8, 4) is 0 Å². The highest BCUT2D eigenvalue weighted by molar-refractivity contribution is 7.13. The number of aromatic amines is 1. The Bertz CT molecular complexity index is 940. The van der Waals surface area contributed by atoms with Crippen molar-refractivity contribution >= 4 is 33.3 Å². The van der Waals surface area contributed by atoms with Crippen LogP contribution in [0.2, 0.25) is 0 Å². The van der Waals surface area contributed by atoms with Gasteiger partial charge in [-0.25, -0.2) is 4.98 Å². The van der Waals surface area contributed by atoms with Crippen LogP contribution in [-0.2, 0) is 17.6 Å². The Labute approximate surface area is 156 Å². The van der Waals surface area contributed by atoms with Crippen molar-refractivity contribution in [2.45, 2.75) is 19.3 Å². The average molecular weight is 367 g/mol. The Morgan fingerprint density at radius 2 is 2.04 bits per heavy atom. The summed E-state index contributed by atoms with van der Waals surface area (Å²) in [6.45, 7) is 3.25. The Hall–Kier alpha value is -2.41. The second kappa shape index (κ2) is 6.39. The van der Waals surface area contributed by atoms with Crippen LogP contribution in [0.15, 0.2) is 30.6 Å². The van der Waals surface area contributed by atoms with Gasteiger partial charge in [0, 0.05) is 49.6 Å². The van der Waals surface area contributed by atoms with Gasteiger partial charge in [0.1, 0.15) is 5.82 Å². The molecule has 1 atom stereocenters. The van der Waals surface area contributed by atoms with Crippen LogP contribution in [0.1, 0.15) is 17.8 Å². The minimum atomic E-state index is 0.0922. The number of carbonyl (C=O) groups is 1. The Morgan fingerprint density at radius 1 is 1.19 bits per heavy atom. The fourth-order valence-electron chi connectivity index (χ4n) is 4.11. The van der Waals surface area contributed by atoms with Crippen LogP contribution in [-0.4, -0.2) is 51.3 Å². The van der Waals surface area contributed by atoms with Gasteiger partial charge in [0.2, 0.25) is 5.91 Å². The van der Waals surface area contributed by atoms with Crippen LogP contribution in [0, 0.1) is 5.92 Å². The molecule has 7 heteroatoms. The summed E-state index contributed by atoms with van der Waals surface area (Å²) in [7, 11) is 0. The maximum absolute atomic E-state index is 12.9. The fraction of sp³-hybridized carbons (Fsp3) is 0.421. The molecule has 1 aromatic carbocycles. The Kier molecular flexibility index (Phi) is 3.89. The first-order valence-corrected chi connectivity index (χ1v) is 9.96. The van der Waals surface area contributed by atoms with Gasteiger partial charge in [-0.15, -0.1) is 0 Å². The van der Waals surface area contributed by atoms with Crippen LogP contribution in [0.25, 0.3) is 10.1 Å². The first kappa shape index (κ1) is 15.8. The molecule has 2 aromatic heterocycles. The number of H-pyrrole nitrogens is 1. The second-order valence-electron chi connectivity index (χ2n) is 7.08. The molecule has 2 aliphatic rings. The predicted octanol–water partition coefficient (Wildman–Crippen LogP) is 2.47. The van der Waals surface area contributed by atoms with E-state index in [4.69, 9.17) is 0 Å². The molecule has 3 aromatic rings. The first-order valence-electron chi connectivity index (χ1n) is 9.19. The number of hydrogen-bond acceptors (Lipinski definition) is 5. The number of nitrogens with zero attached hydrogens (tertiary/aromatic N) is 4. The maximum atomic E-state index is 12.9. The van der Waals surface area contributed by atoms with Crippen molar-refractivity contribution in [1.82, 2.24) is 19.2 Å². The van der Waals surface area contributed by atoms with Crippen LogP contribution >= 0.6 is 11.5 Å². The molecule has 1 aliphatic carbocycles. The van der Waals surface area contributed by atoms with Crippen molar-refractivity contribution in [3.63, 3.8) is 0 Å². The van der Waals surface area contributed by atoms with Crippen LogP contribution in [0.5, 0.6) is 0 Å². The summed E-state index contributed by atoms with van der Waals surface area (Å²) in [5.74, 6) is 1.46. The number of aryl methyl sites for hydroxylation is 1. The van der Waals surface area contributed by atoms with Gasteiger partial charge in [-0.3, -0.25) is 4.79 Å². The highest BCUT2D eigenvalue weighted by Gasteiger charge is 2.31. The fourth-order valence-corrected chi connectivity index (χ4v) is 4.90. The van der Waals surface area contributed by atoms with Crippen molar-refractivity contribution in [2.24, 2.45) is 5.92 Å². The smallest absolute Gasteiger partial charge is 0.226 e. The number of fused-ring (bicyclic) bond motifs is 2. The zero-order valence-corrected chi connectivity index (χ0v) is 15.3. The van der Waals surface area contributed by atoms with E-state index in [0.717, 1.165) is 62.6 Å². The molecule has 0 saturated carbocycles. The topological polar surface area (TPSA) is 65.1 Å². The molecule has 1 N–H and O–H groups in total. The zero-order chi connectivity index (χ0) is 17.5. The summed E-state index contributed by atoms with van der Waals surface area (Å²) < 4.78 is 5.87. The number of carbonyl (C=O) groups excluding carboxylic acids is 1. The molecule has 1 amide bonds. The van der Waals surface area contributed by atoms with Gasteiger partial charge in [0.25, 0.3) is 0 Å². The van der Waals surface area contributed by atoms with E-state index in [9.17, 15) is 4.79 Å². The standard InChI is InChI=1S/C19H21N5OS/c25-19(13-5-6-15-16(11-13)21-12-20-15)24-9-7-23(8-10-24)18-14-3-1-2-4-17(14)26-22-18/h1-4,12-13H,5-11H2,(H,20,21). The normalized spacial score (nSPS) is 20.4. The van der Waals surface area contributed by atoms with E-state index in [2.05, 4.69) is 43.5 Å². The molecule has 1 aliphatic heterocycles. The lowest BCUT2D eigenvalue weighted by Crippen LogP contribution is -2.51. The third-order valence-electron chi connectivity index (χ3n) is 5.59. The van der Waals surface area contributed by atoms with E-state index in [0.29, 0.717) is 5.91 Å². The molecule has 0 radical (unpaired) electrons. The number of aromatic nitrogens is 3. The summed E-state index contributed by atoms with van der Waals surface area (Å²) >= 11 is 1.55. The molecule has 1 saturated heterocycles. The molecular weight excluding hydrogens is 346 g/mol. The highest BCUT2D eigenvalue weighted by atomic mass is 32.1. The molecule has 1 fully saturated rings. The lowest BCUT2D eigenvalue weighted by molar-refractivity contribution is -0.136. The largest absolute Gasteiger partial charge is 0.352 e. The van der Waals surface area contributed by atoms with E-state index in [1.165, 1.54) is 10.1 Å². The lowest BCUT2D eigenvalue weighted by Gasteiger charge is -2.37. The van der Waals surface area contributed by atoms with Gasteiger partial charge in [0.15, 0.2) is 0 Å². The van der Waals surface area contributed by atoms with Crippen LogP contribution in [0.3, 0.4) is 0 Å². The monoisotopic (exact) mass is 367 g/mol. The molecule has 1 unspecified atom stereocenters. The van der Waals surface area contributed by atoms with Crippen molar-refractivity contribution in [1.29, 1.82) is 0 Å². The number of benzene rings is 1. The van der Waals surface area contributed by atoms with E-state index >= 15 is 0 Å². The third-order valence-corrected chi connectivity index (χ3v) is 6.40. The Balaban J connectivity index is 1.25. The van der Waals surface area contributed by atoms with Gasteiger partial charge in [-0.2, -0.15) is 4.37 Å². The third kappa shape index (κ3) is 2.67. The molecule has 3 heterocycles. The van der Waals surface area contributed by atoms with E-state index in [1.807, 2.05) is 4.90 Å². The summed E-state index contributed by atoms with van der Waals surface area (Å²) in [6, 6.07) is 8.36. The molecule has 0 spiro atoms. The molecule has 134 valence electrons. The van der Waals surface area contributed by atoms with E-state index in [-0.39, 0.29) is 5.92 Å². The summed E-state index contributed by atoms with van der Waals surface area (Å²) in [4.78, 5) is 24.8. The lowest BCUT2D eigenvalue weighted by atomic mass is 9.88. The molecule has 0 bridgehead atoms. The van der Waals surface area contributed by atoms with Crippen molar-refractivity contribution in [3.05, 3.63) is 42.0 Å².